The Labute approximate surface area is 149 Å². The summed E-state index contributed by atoms with van der Waals surface area (Å²) in [5, 5.41) is 8.45. The van der Waals surface area contributed by atoms with Crippen molar-refractivity contribution in [1.82, 2.24) is 0 Å². The number of carbonyl (C=O) groups is 1. The van der Waals surface area contributed by atoms with E-state index in [1.165, 1.54) is 12.1 Å². The van der Waals surface area contributed by atoms with Crippen LogP contribution in [0, 0.1) is 23.7 Å². The highest BCUT2D eigenvalue weighted by Gasteiger charge is 2.72. The maximum Gasteiger partial charge on any atom is 0.183 e. The number of carbonyl (C=O) groups excluding carboxylic acids is 1. The second-order valence-electron chi connectivity index (χ2n) is 5.97. The summed E-state index contributed by atoms with van der Waals surface area (Å²) in [6.45, 7) is 1.86. The van der Waals surface area contributed by atoms with E-state index < -0.39 is 26.4 Å². The monoisotopic (exact) mass is 403 g/mol. The number of benzene rings is 2. The van der Waals surface area contributed by atoms with E-state index in [9.17, 15) is 18.5 Å². The molecule has 2 aromatic rings. The molecule has 0 spiro atoms. The minimum atomic E-state index is -3.79. The lowest BCUT2D eigenvalue weighted by Crippen LogP contribution is -2.16. The van der Waals surface area contributed by atoms with Gasteiger partial charge in [-0.3, -0.25) is 0 Å². The second-order valence-corrected chi connectivity index (χ2v) is 8.96. The maximum atomic E-state index is 13.0. The number of hydrogen-bond acceptors (Lipinski definition) is 4. The second kappa shape index (κ2) is 5.83. The fourth-order valence-electron chi connectivity index (χ4n) is 3.11. The highest BCUT2D eigenvalue weighted by atomic mass is 79.9. The maximum absolute atomic E-state index is 13.0. The van der Waals surface area contributed by atoms with Crippen molar-refractivity contribution in [2.45, 2.75) is 23.0 Å². The fraction of sp³-hybridized carbons (Fsp3) is 0.222. The number of aryl methyl sites for hydroxylation is 1. The topological polar surface area (TPSA) is 75.0 Å². The molecular formula is C18H14BrNO3S. The minimum absolute atomic E-state index is 0.138. The first-order valence-corrected chi connectivity index (χ1v) is 9.64. The molecule has 1 fully saturated rings. The summed E-state index contributed by atoms with van der Waals surface area (Å²) in [6, 6.07) is 15.4. The lowest BCUT2D eigenvalue weighted by Gasteiger charge is -2.05. The number of nitriles is 1. The molecular weight excluding hydrogens is 390 g/mol. The van der Waals surface area contributed by atoms with E-state index in [-0.39, 0.29) is 4.90 Å². The summed E-state index contributed by atoms with van der Waals surface area (Å²) < 4.78 is 26.8. The Morgan fingerprint density at radius 3 is 2.21 bits per heavy atom. The Morgan fingerprint density at radius 1 is 1.12 bits per heavy atom. The molecule has 24 heavy (non-hydrogen) atoms. The average molecular weight is 404 g/mol. The molecule has 0 amide bonds. The van der Waals surface area contributed by atoms with Crippen LogP contribution in [-0.2, 0) is 14.6 Å². The molecule has 0 heterocycles. The van der Waals surface area contributed by atoms with Crippen LogP contribution >= 0.6 is 15.9 Å². The van der Waals surface area contributed by atoms with Gasteiger partial charge in [-0.25, -0.2) is 8.42 Å². The van der Waals surface area contributed by atoms with Crippen LogP contribution in [0.4, 0.5) is 0 Å². The van der Waals surface area contributed by atoms with Crippen molar-refractivity contribution in [3.05, 3.63) is 64.1 Å². The Bertz CT molecular complexity index is 930. The zero-order valence-electron chi connectivity index (χ0n) is 12.8. The molecule has 2 aromatic carbocycles. The van der Waals surface area contributed by atoms with Crippen LogP contribution in [0.2, 0.25) is 0 Å². The van der Waals surface area contributed by atoms with Crippen LogP contribution in [0.25, 0.3) is 0 Å². The van der Waals surface area contributed by atoms with Gasteiger partial charge in [-0.2, -0.15) is 5.26 Å². The van der Waals surface area contributed by atoms with E-state index in [1.54, 1.807) is 36.4 Å². The summed E-state index contributed by atoms with van der Waals surface area (Å²) in [5.41, 5.74) is 0.0843. The van der Waals surface area contributed by atoms with Crippen LogP contribution in [0.5, 0.6) is 0 Å². The lowest BCUT2D eigenvalue weighted by molar-refractivity contribution is -0.110. The van der Waals surface area contributed by atoms with Crippen molar-refractivity contribution in [3.8, 4) is 6.07 Å². The van der Waals surface area contributed by atoms with Crippen LogP contribution in [0.1, 0.15) is 17.0 Å². The summed E-state index contributed by atoms with van der Waals surface area (Å²) >= 11 is 3.32. The zero-order valence-corrected chi connectivity index (χ0v) is 15.2. The molecule has 0 aliphatic heterocycles. The van der Waals surface area contributed by atoms with Crippen LogP contribution in [0.15, 0.2) is 57.9 Å². The molecule has 1 aliphatic rings. The molecule has 0 unspecified atom stereocenters. The number of rotatable bonds is 4. The largest absolute Gasteiger partial charge is 0.302 e. The smallest absolute Gasteiger partial charge is 0.183 e. The molecule has 3 atom stereocenters. The van der Waals surface area contributed by atoms with Crippen LogP contribution < -0.4 is 0 Å². The van der Waals surface area contributed by atoms with Crippen molar-refractivity contribution in [1.29, 1.82) is 5.26 Å². The molecule has 1 saturated carbocycles. The Balaban J connectivity index is 2.08. The minimum Gasteiger partial charge on any atom is -0.302 e. The Morgan fingerprint density at radius 2 is 1.71 bits per heavy atom. The van der Waals surface area contributed by atoms with Gasteiger partial charge in [0.25, 0.3) is 0 Å². The van der Waals surface area contributed by atoms with Gasteiger partial charge in [0.2, 0.25) is 0 Å². The summed E-state index contributed by atoms with van der Waals surface area (Å²) in [4.78, 5) is 11.8. The van der Waals surface area contributed by atoms with Crippen LogP contribution in [-0.4, -0.2) is 20.0 Å². The molecule has 122 valence electrons. The first-order chi connectivity index (χ1) is 11.4. The summed E-state index contributed by atoms with van der Waals surface area (Å²) in [6.07, 6.45) is 0.482. The Kier molecular flexibility index (Phi) is 4.10. The van der Waals surface area contributed by atoms with Crippen molar-refractivity contribution >= 4 is 32.1 Å². The standard InChI is InChI=1S/C18H14BrNO3S/c1-12-2-8-15(9-3-12)24(22,23)17-16(18(17,10-20)11-21)13-4-6-14(19)7-5-13/h2-9,11,16-17H,1H3/t16-,17+,18-/m1/s1. The fourth-order valence-corrected chi connectivity index (χ4v) is 5.61. The normalized spacial score (nSPS) is 25.7. The van der Waals surface area contributed by atoms with Crippen molar-refractivity contribution < 1.29 is 13.2 Å². The van der Waals surface area contributed by atoms with Gasteiger partial charge in [0.1, 0.15) is 17.0 Å². The van der Waals surface area contributed by atoms with Gasteiger partial charge >= 0.3 is 0 Å². The van der Waals surface area contributed by atoms with Gasteiger partial charge in [0.15, 0.2) is 9.84 Å². The molecule has 0 N–H and O–H groups in total. The SMILES string of the molecule is Cc1ccc(S(=O)(=O)[C@H]2[C@@H](c3ccc(Br)cc3)[C@@]2(C#N)C=O)cc1. The van der Waals surface area contributed by atoms with Gasteiger partial charge in [0, 0.05) is 10.4 Å². The van der Waals surface area contributed by atoms with E-state index >= 15 is 0 Å². The van der Waals surface area contributed by atoms with Gasteiger partial charge < -0.3 is 4.79 Å². The van der Waals surface area contributed by atoms with Crippen molar-refractivity contribution in [2.24, 2.45) is 5.41 Å². The molecule has 0 bridgehead atoms. The van der Waals surface area contributed by atoms with Crippen molar-refractivity contribution in [2.75, 3.05) is 0 Å². The summed E-state index contributed by atoms with van der Waals surface area (Å²) in [7, 11) is -3.79. The van der Waals surface area contributed by atoms with Gasteiger partial charge in [-0.15, -0.1) is 0 Å². The highest BCUT2D eigenvalue weighted by Crippen LogP contribution is 2.62. The van der Waals surface area contributed by atoms with Gasteiger partial charge in [0.05, 0.1) is 11.0 Å². The number of aldehydes is 1. The third-order valence-corrected chi connectivity index (χ3v) is 7.27. The van der Waals surface area contributed by atoms with Gasteiger partial charge in [-0.1, -0.05) is 45.8 Å². The number of nitrogens with zero attached hydrogens (tertiary/aromatic N) is 1. The number of hydrogen-bond donors (Lipinski definition) is 0. The quantitative estimate of drug-likeness (QED) is 0.732. The van der Waals surface area contributed by atoms with E-state index in [2.05, 4.69) is 15.9 Å². The molecule has 0 radical (unpaired) electrons. The number of sulfone groups is 1. The molecule has 4 nitrogen and oxygen atoms in total. The Hall–Kier alpha value is -1.97. The third kappa shape index (κ3) is 2.48. The zero-order chi connectivity index (χ0) is 17.5. The highest BCUT2D eigenvalue weighted by molar-refractivity contribution is 9.10. The molecule has 1 aliphatic carbocycles. The van der Waals surface area contributed by atoms with E-state index in [0.29, 0.717) is 11.8 Å². The predicted octanol–water partition coefficient (Wildman–Crippen LogP) is 3.41. The average Bonchev–Trinajstić information content (AvgIpc) is 3.26. The molecule has 6 heteroatoms. The van der Waals surface area contributed by atoms with Crippen LogP contribution in [0.3, 0.4) is 0 Å². The third-order valence-electron chi connectivity index (χ3n) is 4.48. The van der Waals surface area contributed by atoms with E-state index in [4.69, 9.17) is 0 Å². The van der Waals surface area contributed by atoms with Crippen molar-refractivity contribution in [3.63, 3.8) is 0 Å². The predicted molar refractivity (Wildman–Crippen MR) is 93.1 cm³/mol. The first-order valence-electron chi connectivity index (χ1n) is 7.30. The first kappa shape index (κ1) is 16.9. The van der Waals surface area contributed by atoms with E-state index in [0.717, 1.165) is 10.0 Å². The van der Waals surface area contributed by atoms with Gasteiger partial charge in [-0.05, 0) is 36.8 Å². The number of halogens is 1. The molecule has 0 aromatic heterocycles. The summed E-state index contributed by atoms with van der Waals surface area (Å²) in [5.74, 6) is -0.653. The molecule has 0 saturated heterocycles. The molecule has 3 rings (SSSR count). The van der Waals surface area contributed by atoms with E-state index in [1.807, 2.05) is 13.0 Å². The lowest BCUT2D eigenvalue weighted by atomic mass is 10.0.